The largest absolute Gasteiger partial charge is 0.476 e. The summed E-state index contributed by atoms with van der Waals surface area (Å²) < 4.78 is 14.5. The van der Waals surface area contributed by atoms with Gasteiger partial charge in [-0.2, -0.15) is 0 Å². The fourth-order valence-corrected chi connectivity index (χ4v) is 1.95. The van der Waals surface area contributed by atoms with Crippen molar-refractivity contribution in [3.05, 3.63) is 35.8 Å². The van der Waals surface area contributed by atoms with E-state index in [9.17, 15) is 19.1 Å². The average molecular weight is 306 g/mol. The van der Waals surface area contributed by atoms with Crippen LogP contribution in [-0.4, -0.2) is 38.5 Å². The van der Waals surface area contributed by atoms with Crippen LogP contribution >= 0.6 is 0 Å². The second-order valence-electron chi connectivity index (χ2n) is 4.61. The number of nitrogens with one attached hydrogen (secondary N) is 1. The molecule has 0 saturated heterocycles. The lowest BCUT2D eigenvalue weighted by Gasteiger charge is -2.08. The van der Waals surface area contributed by atoms with Crippen molar-refractivity contribution in [3.8, 4) is 11.3 Å². The first-order chi connectivity index (χ1) is 10.5. The van der Waals surface area contributed by atoms with E-state index in [1.165, 1.54) is 24.3 Å². The Kier molecular flexibility index (Phi) is 4.82. The molecule has 22 heavy (non-hydrogen) atoms. The van der Waals surface area contributed by atoms with Crippen LogP contribution in [0.1, 0.15) is 23.8 Å². The third-order valence-electron chi connectivity index (χ3n) is 2.90. The summed E-state index contributed by atoms with van der Waals surface area (Å²) in [6, 6.07) is 5.40. The molecule has 2 rings (SSSR count). The van der Waals surface area contributed by atoms with Crippen LogP contribution < -0.4 is 5.32 Å². The summed E-state index contributed by atoms with van der Waals surface area (Å²) >= 11 is 0. The fourth-order valence-electron chi connectivity index (χ4n) is 1.95. The number of carbonyl (C=O) groups excluding carboxylic acids is 1. The highest BCUT2D eigenvalue weighted by Gasteiger charge is 2.22. The number of aromatic carboxylic acids is 1. The molecule has 0 aliphatic rings. The van der Waals surface area contributed by atoms with Gasteiger partial charge in [0.15, 0.2) is 5.69 Å². The SMILES string of the molecule is CCCNC(=O)Cn1nnc(C(=O)O)c1-c1cccc(F)c1. The Morgan fingerprint density at radius 1 is 1.41 bits per heavy atom. The molecule has 0 aliphatic heterocycles. The Balaban J connectivity index is 2.39. The highest BCUT2D eigenvalue weighted by atomic mass is 19.1. The molecular formula is C14H15FN4O3. The molecule has 0 bridgehead atoms. The van der Waals surface area contributed by atoms with Crippen LogP contribution in [0.15, 0.2) is 24.3 Å². The van der Waals surface area contributed by atoms with Crippen LogP contribution in [0.5, 0.6) is 0 Å². The monoisotopic (exact) mass is 306 g/mol. The molecule has 0 saturated carbocycles. The number of nitrogens with zero attached hydrogens (tertiary/aromatic N) is 3. The van der Waals surface area contributed by atoms with Crippen LogP contribution in [-0.2, 0) is 11.3 Å². The number of hydrogen-bond donors (Lipinski definition) is 2. The third-order valence-corrected chi connectivity index (χ3v) is 2.90. The minimum absolute atomic E-state index is 0.0960. The summed E-state index contributed by atoms with van der Waals surface area (Å²) in [5.41, 5.74) is 0.0678. The topological polar surface area (TPSA) is 97.1 Å². The van der Waals surface area contributed by atoms with E-state index in [4.69, 9.17) is 0 Å². The number of rotatable bonds is 6. The molecule has 0 radical (unpaired) electrons. The van der Waals surface area contributed by atoms with E-state index in [0.29, 0.717) is 12.1 Å². The van der Waals surface area contributed by atoms with Gasteiger partial charge < -0.3 is 10.4 Å². The average Bonchev–Trinajstić information content (AvgIpc) is 2.89. The summed E-state index contributed by atoms with van der Waals surface area (Å²) in [7, 11) is 0. The number of amides is 1. The lowest BCUT2D eigenvalue weighted by atomic mass is 10.1. The molecule has 1 amide bonds. The van der Waals surface area contributed by atoms with Crippen LogP contribution in [0.2, 0.25) is 0 Å². The number of halogens is 1. The molecule has 0 aliphatic carbocycles. The normalized spacial score (nSPS) is 10.5. The number of benzene rings is 1. The Morgan fingerprint density at radius 3 is 2.82 bits per heavy atom. The van der Waals surface area contributed by atoms with E-state index in [2.05, 4.69) is 15.6 Å². The number of carboxylic acids is 1. The van der Waals surface area contributed by atoms with Crippen LogP contribution in [0, 0.1) is 5.82 Å². The predicted molar refractivity (Wildman–Crippen MR) is 75.7 cm³/mol. The molecule has 0 atom stereocenters. The van der Waals surface area contributed by atoms with Crippen molar-refractivity contribution in [2.24, 2.45) is 0 Å². The van der Waals surface area contributed by atoms with E-state index >= 15 is 0 Å². The predicted octanol–water partition coefficient (Wildman–Crippen LogP) is 1.31. The molecule has 8 heteroatoms. The van der Waals surface area contributed by atoms with Gasteiger partial charge in [-0.25, -0.2) is 13.9 Å². The number of hydrogen-bond acceptors (Lipinski definition) is 4. The zero-order valence-electron chi connectivity index (χ0n) is 11.9. The van der Waals surface area contributed by atoms with Crippen molar-refractivity contribution < 1.29 is 19.1 Å². The quantitative estimate of drug-likeness (QED) is 0.838. The van der Waals surface area contributed by atoms with Gasteiger partial charge in [-0.3, -0.25) is 4.79 Å². The maximum absolute atomic E-state index is 13.4. The van der Waals surface area contributed by atoms with Gasteiger partial charge in [0, 0.05) is 12.1 Å². The molecule has 1 aromatic heterocycles. The van der Waals surface area contributed by atoms with Gasteiger partial charge in [-0.1, -0.05) is 24.3 Å². The van der Waals surface area contributed by atoms with Crippen molar-refractivity contribution in [3.63, 3.8) is 0 Å². The van der Waals surface area contributed by atoms with E-state index in [-0.39, 0.29) is 23.8 Å². The van der Waals surface area contributed by atoms with E-state index in [1.54, 1.807) is 0 Å². The molecule has 1 aromatic carbocycles. The first kappa shape index (κ1) is 15.6. The van der Waals surface area contributed by atoms with Crippen molar-refractivity contribution in [2.75, 3.05) is 6.54 Å². The highest BCUT2D eigenvalue weighted by molar-refractivity contribution is 5.93. The lowest BCUT2D eigenvalue weighted by Crippen LogP contribution is -2.28. The van der Waals surface area contributed by atoms with E-state index in [0.717, 1.165) is 11.1 Å². The van der Waals surface area contributed by atoms with Gasteiger partial charge in [0.05, 0.1) is 0 Å². The second-order valence-corrected chi connectivity index (χ2v) is 4.61. The molecular weight excluding hydrogens is 291 g/mol. The fraction of sp³-hybridized carbons (Fsp3) is 0.286. The highest BCUT2D eigenvalue weighted by Crippen LogP contribution is 2.23. The van der Waals surface area contributed by atoms with Crippen molar-refractivity contribution in [1.29, 1.82) is 0 Å². The number of carbonyl (C=O) groups is 2. The first-order valence-corrected chi connectivity index (χ1v) is 6.72. The molecule has 116 valence electrons. The smallest absolute Gasteiger partial charge is 0.358 e. The summed E-state index contributed by atoms with van der Waals surface area (Å²) in [5.74, 6) is -2.13. The van der Waals surface area contributed by atoms with Gasteiger partial charge in [-0.15, -0.1) is 5.10 Å². The Bertz CT molecular complexity index is 699. The van der Waals surface area contributed by atoms with Gasteiger partial charge in [0.1, 0.15) is 18.1 Å². The maximum atomic E-state index is 13.4. The Morgan fingerprint density at radius 2 is 2.18 bits per heavy atom. The van der Waals surface area contributed by atoms with Crippen molar-refractivity contribution >= 4 is 11.9 Å². The number of aromatic nitrogens is 3. The van der Waals surface area contributed by atoms with Gasteiger partial charge >= 0.3 is 5.97 Å². The minimum atomic E-state index is -1.29. The zero-order chi connectivity index (χ0) is 16.1. The lowest BCUT2D eigenvalue weighted by molar-refractivity contribution is -0.121. The molecule has 2 aromatic rings. The van der Waals surface area contributed by atoms with E-state index < -0.39 is 11.8 Å². The number of carboxylic acid groups (broad SMARTS) is 1. The summed E-state index contributed by atoms with van der Waals surface area (Å²) in [5, 5.41) is 19.1. The zero-order valence-corrected chi connectivity index (χ0v) is 11.9. The molecule has 2 N–H and O–H groups in total. The second kappa shape index (κ2) is 6.79. The molecule has 0 unspecified atom stereocenters. The summed E-state index contributed by atoms with van der Waals surface area (Å²) in [6.07, 6.45) is 0.778. The molecule has 0 fully saturated rings. The Labute approximate surface area is 125 Å². The molecule has 1 heterocycles. The third kappa shape index (κ3) is 3.46. The van der Waals surface area contributed by atoms with Crippen molar-refractivity contribution in [1.82, 2.24) is 20.3 Å². The molecule has 0 spiro atoms. The van der Waals surface area contributed by atoms with Gasteiger partial charge in [-0.05, 0) is 18.6 Å². The van der Waals surface area contributed by atoms with E-state index in [1.807, 2.05) is 6.92 Å². The van der Waals surface area contributed by atoms with Crippen LogP contribution in [0.4, 0.5) is 4.39 Å². The van der Waals surface area contributed by atoms with Gasteiger partial charge in [0.2, 0.25) is 5.91 Å². The standard InChI is InChI=1S/C14H15FN4O3/c1-2-6-16-11(20)8-19-13(12(14(21)22)17-18-19)9-4-3-5-10(15)7-9/h3-5,7H,2,6,8H2,1H3,(H,16,20)(H,21,22). The minimum Gasteiger partial charge on any atom is -0.476 e. The van der Waals surface area contributed by atoms with Crippen molar-refractivity contribution in [2.45, 2.75) is 19.9 Å². The molecule has 7 nitrogen and oxygen atoms in total. The van der Waals surface area contributed by atoms with Gasteiger partial charge in [0.25, 0.3) is 0 Å². The first-order valence-electron chi connectivity index (χ1n) is 6.72. The summed E-state index contributed by atoms with van der Waals surface area (Å²) in [4.78, 5) is 23.0. The van der Waals surface area contributed by atoms with Crippen LogP contribution in [0.25, 0.3) is 11.3 Å². The summed E-state index contributed by atoms with van der Waals surface area (Å²) in [6.45, 7) is 2.23. The Hall–Kier alpha value is -2.77. The van der Waals surface area contributed by atoms with Crippen LogP contribution in [0.3, 0.4) is 0 Å². The maximum Gasteiger partial charge on any atom is 0.358 e.